The number of hydrogen-bond donors (Lipinski definition) is 2. The second-order valence-electron chi connectivity index (χ2n) is 4.30. The molecule has 2 rings (SSSR count). The first-order chi connectivity index (χ1) is 8.66. The summed E-state index contributed by atoms with van der Waals surface area (Å²) in [5.41, 5.74) is 0.444. The Morgan fingerprint density at radius 1 is 1.56 bits per heavy atom. The van der Waals surface area contributed by atoms with Gasteiger partial charge < -0.3 is 19.7 Å². The van der Waals surface area contributed by atoms with Crippen molar-refractivity contribution in [3.63, 3.8) is 0 Å². The fraction of sp³-hybridized carbons (Fsp3) is 0.500. The number of furan rings is 1. The molecule has 0 spiro atoms. The van der Waals surface area contributed by atoms with E-state index in [1.54, 1.807) is 11.0 Å². The van der Waals surface area contributed by atoms with Crippen molar-refractivity contribution in [1.82, 2.24) is 10.2 Å². The molecular weight excluding hydrogens is 236 g/mol. The molecule has 2 amide bonds. The van der Waals surface area contributed by atoms with Gasteiger partial charge in [0, 0.05) is 26.1 Å². The van der Waals surface area contributed by atoms with Crippen molar-refractivity contribution >= 4 is 11.8 Å². The van der Waals surface area contributed by atoms with E-state index in [9.17, 15) is 14.7 Å². The molecule has 0 saturated carbocycles. The predicted molar refractivity (Wildman–Crippen MR) is 62.9 cm³/mol. The summed E-state index contributed by atoms with van der Waals surface area (Å²) in [6.45, 7) is 1.28. The van der Waals surface area contributed by atoms with Crippen molar-refractivity contribution in [3.8, 4) is 0 Å². The summed E-state index contributed by atoms with van der Waals surface area (Å²) in [6, 6.07) is 1.56. The zero-order valence-electron chi connectivity index (χ0n) is 9.96. The lowest BCUT2D eigenvalue weighted by Gasteiger charge is -2.15. The van der Waals surface area contributed by atoms with Crippen molar-refractivity contribution < 1.29 is 19.1 Å². The van der Waals surface area contributed by atoms with Gasteiger partial charge in [-0.25, -0.2) is 0 Å². The highest BCUT2D eigenvalue weighted by atomic mass is 16.3. The number of β-amino-alcohol motifs (C(OH)–C–C–N with tert-alkyl or cyclic N) is 1. The molecule has 0 aliphatic carbocycles. The maximum atomic E-state index is 11.7. The molecule has 6 nitrogen and oxygen atoms in total. The number of amides is 2. The van der Waals surface area contributed by atoms with Gasteiger partial charge in [0.2, 0.25) is 5.91 Å². The van der Waals surface area contributed by atoms with Crippen LogP contribution in [0, 0.1) is 0 Å². The fourth-order valence-electron chi connectivity index (χ4n) is 1.91. The van der Waals surface area contributed by atoms with Crippen molar-refractivity contribution in [1.29, 1.82) is 0 Å². The molecule has 1 fully saturated rings. The Morgan fingerprint density at radius 3 is 3.00 bits per heavy atom. The number of carbonyl (C=O) groups excluding carboxylic acids is 2. The molecule has 2 heterocycles. The molecule has 1 aliphatic heterocycles. The Hall–Kier alpha value is -1.82. The number of nitrogens with one attached hydrogen (secondary N) is 1. The van der Waals surface area contributed by atoms with E-state index in [2.05, 4.69) is 5.32 Å². The van der Waals surface area contributed by atoms with E-state index in [4.69, 9.17) is 4.42 Å². The van der Waals surface area contributed by atoms with Crippen LogP contribution in [0.15, 0.2) is 23.0 Å². The quantitative estimate of drug-likeness (QED) is 0.789. The molecule has 0 aromatic carbocycles. The van der Waals surface area contributed by atoms with Gasteiger partial charge >= 0.3 is 0 Å². The van der Waals surface area contributed by atoms with Crippen LogP contribution in [-0.2, 0) is 4.79 Å². The SMILES string of the molecule is O=C(NCCC(=O)N1CC[C@H](O)C1)c1ccoc1. The molecule has 1 aliphatic rings. The second kappa shape index (κ2) is 5.68. The first-order valence-electron chi connectivity index (χ1n) is 5.93. The van der Waals surface area contributed by atoms with Gasteiger partial charge in [-0.2, -0.15) is 0 Å². The molecule has 0 unspecified atom stereocenters. The lowest BCUT2D eigenvalue weighted by Crippen LogP contribution is -2.33. The third-order valence-electron chi connectivity index (χ3n) is 2.92. The van der Waals surface area contributed by atoms with E-state index >= 15 is 0 Å². The lowest BCUT2D eigenvalue weighted by atomic mass is 10.3. The normalized spacial score (nSPS) is 18.9. The minimum absolute atomic E-state index is 0.0426. The van der Waals surface area contributed by atoms with Gasteiger partial charge in [0.05, 0.1) is 17.9 Å². The second-order valence-corrected chi connectivity index (χ2v) is 4.30. The molecule has 0 bridgehead atoms. The Labute approximate surface area is 105 Å². The number of hydrogen-bond acceptors (Lipinski definition) is 4. The number of carbonyl (C=O) groups is 2. The van der Waals surface area contributed by atoms with Crippen LogP contribution in [0.4, 0.5) is 0 Å². The van der Waals surface area contributed by atoms with Crippen LogP contribution < -0.4 is 5.32 Å². The van der Waals surface area contributed by atoms with Gasteiger partial charge in [-0.1, -0.05) is 0 Å². The molecule has 6 heteroatoms. The van der Waals surface area contributed by atoms with Gasteiger partial charge in [0.25, 0.3) is 5.91 Å². The minimum atomic E-state index is -0.408. The van der Waals surface area contributed by atoms with Crippen LogP contribution in [0.5, 0.6) is 0 Å². The molecule has 0 radical (unpaired) electrons. The number of likely N-dealkylation sites (tertiary alicyclic amines) is 1. The van der Waals surface area contributed by atoms with Gasteiger partial charge in [0.1, 0.15) is 6.26 Å². The number of rotatable bonds is 4. The maximum absolute atomic E-state index is 11.7. The van der Waals surface area contributed by atoms with E-state index < -0.39 is 6.10 Å². The minimum Gasteiger partial charge on any atom is -0.472 e. The van der Waals surface area contributed by atoms with Crippen molar-refractivity contribution in [3.05, 3.63) is 24.2 Å². The Bertz CT molecular complexity index is 416. The largest absolute Gasteiger partial charge is 0.472 e. The van der Waals surface area contributed by atoms with E-state index in [-0.39, 0.29) is 24.8 Å². The molecule has 2 N–H and O–H groups in total. The fourth-order valence-corrected chi connectivity index (χ4v) is 1.91. The molecule has 98 valence electrons. The standard InChI is InChI=1S/C12H16N2O4/c15-10-2-5-14(7-10)11(16)1-4-13-12(17)9-3-6-18-8-9/h3,6,8,10,15H,1-2,4-5,7H2,(H,13,17)/t10-/m0/s1. The van der Waals surface area contributed by atoms with E-state index in [1.807, 2.05) is 0 Å². The van der Waals surface area contributed by atoms with Crippen LogP contribution in [0.1, 0.15) is 23.2 Å². The van der Waals surface area contributed by atoms with Crippen molar-refractivity contribution in [2.75, 3.05) is 19.6 Å². The molecule has 18 heavy (non-hydrogen) atoms. The first-order valence-corrected chi connectivity index (χ1v) is 5.93. The Morgan fingerprint density at radius 2 is 2.39 bits per heavy atom. The number of aliphatic hydroxyl groups excluding tert-OH is 1. The topological polar surface area (TPSA) is 82.8 Å². The highest BCUT2D eigenvalue weighted by molar-refractivity contribution is 5.94. The Kier molecular flexibility index (Phi) is 3.99. The number of aliphatic hydroxyl groups is 1. The van der Waals surface area contributed by atoms with Gasteiger partial charge in [-0.15, -0.1) is 0 Å². The summed E-state index contributed by atoms with van der Waals surface area (Å²) in [6.07, 6.45) is 3.25. The van der Waals surface area contributed by atoms with Crippen molar-refractivity contribution in [2.45, 2.75) is 18.9 Å². The third kappa shape index (κ3) is 3.10. The summed E-state index contributed by atoms with van der Waals surface area (Å²) in [4.78, 5) is 24.8. The summed E-state index contributed by atoms with van der Waals surface area (Å²) >= 11 is 0. The van der Waals surface area contributed by atoms with E-state index in [1.165, 1.54) is 12.5 Å². The highest BCUT2D eigenvalue weighted by Gasteiger charge is 2.23. The van der Waals surface area contributed by atoms with Crippen LogP contribution >= 0.6 is 0 Å². The average Bonchev–Trinajstić information content (AvgIpc) is 2.99. The highest BCUT2D eigenvalue weighted by Crippen LogP contribution is 2.09. The summed E-state index contributed by atoms with van der Waals surface area (Å²) < 4.78 is 4.79. The number of nitrogens with zero attached hydrogens (tertiary/aromatic N) is 1. The molecular formula is C12H16N2O4. The summed E-state index contributed by atoms with van der Waals surface area (Å²) in [7, 11) is 0. The maximum Gasteiger partial charge on any atom is 0.254 e. The van der Waals surface area contributed by atoms with Gasteiger partial charge in [0.15, 0.2) is 0 Å². The molecule has 1 aromatic heterocycles. The zero-order valence-corrected chi connectivity index (χ0v) is 9.96. The van der Waals surface area contributed by atoms with Gasteiger partial charge in [-0.05, 0) is 12.5 Å². The monoisotopic (exact) mass is 252 g/mol. The molecule has 1 atom stereocenters. The third-order valence-corrected chi connectivity index (χ3v) is 2.92. The van der Waals surface area contributed by atoms with Crippen LogP contribution in [0.25, 0.3) is 0 Å². The smallest absolute Gasteiger partial charge is 0.254 e. The van der Waals surface area contributed by atoms with Crippen LogP contribution in [0.2, 0.25) is 0 Å². The lowest BCUT2D eigenvalue weighted by molar-refractivity contribution is -0.130. The van der Waals surface area contributed by atoms with E-state index in [0.717, 1.165) is 0 Å². The van der Waals surface area contributed by atoms with E-state index in [0.29, 0.717) is 25.1 Å². The van der Waals surface area contributed by atoms with Gasteiger partial charge in [-0.3, -0.25) is 9.59 Å². The Balaban J connectivity index is 1.69. The molecule has 1 aromatic rings. The van der Waals surface area contributed by atoms with Crippen LogP contribution in [0.3, 0.4) is 0 Å². The molecule has 1 saturated heterocycles. The average molecular weight is 252 g/mol. The summed E-state index contributed by atoms with van der Waals surface area (Å²) in [5.74, 6) is -0.294. The first kappa shape index (κ1) is 12.6. The zero-order chi connectivity index (χ0) is 13.0. The van der Waals surface area contributed by atoms with Crippen LogP contribution in [-0.4, -0.2) is 47.6 Å². The summed E-state index contributed by atoms with van der Waals surface area (Å²) in [5, 5.41) is 12.0. The van der Waals surface area contributed by atoms with Crippen molar-refractivity contribution in [2.24, 2.45) is 0 Å². The predicted octanol–water partition coefficient (Wildman–Crippen LogP) is -0.00730.